The van der Waals surface area contributed by atoms with E-state index in [1.165, 1.54) is 6.08 Å². The van der Waals surface area contributed by atoms with E-state index in [0.29, 0.717) is 17.4 Å². The molecule has 4 nitrogen and oxygen atoms in total. The van der Waals surface area contributed by atoms with E-state index in [0.717, 1.165) is 5.56 Å². The summed E-state index contributed by atoms with van der Waals surface area (Å²) in [5.74, 6) is 0. The minimum atomic E-state index is -3.70. The maximum absolute atomic E-state index is 12.4. The second-order valence-electron chi connectivity index (χ2n) is 4.89. The van der Waals surface area contributed by atoms with Crippen molar-refractivity contribution in [1.29, 1.82) is 0 Å². The summed E-state index contributed by atoms with van der Waals surface area (Å²) in [6.45, 7) is 5.55. The van der Waals surface area contributed by atoms with Crippen LogP contribution >= 0.6 is 0 Å². The average Bonchev–Trinajstić information content (AvgIpc) is 2.53. The van der Waals surface area contributed by atoms with Gasteiger partial charge in [-0.15, -0.1) is 6.58 Å². The van der Waals surface area contributed by atoms with Crippen LogP contribution in [-0.2, 0) is 10.0 Å². The van der Waals surface area contributed by atoms with Gasteiger partial charge in [0, 0.05) is 5.56 Å². The molecule has 0 saturated heterocycles. The lowest BCUT2D eigenvalue weighted by Gasteiger charge is -2.17. The zero-order chi connectivity index (χ0) is 16.2. The van der Waals surface area contributed by atoms with Gasteiger partial charge in [0.15, 0.2) is 0 Å². The van der Waals surface area contributed by atoms with E-state index in [1.807, 2.05) is 6.92 Å². The van der Waals surface area contributed by atoms with Crippen LogP contribution in [0.5, 0.6) is 0 Å². The van der Waals surface area contributed by atoms with Gasteiger partial charge in [-0.1, -0.05) is 48.0 Å². The van der Waals surface area contributed by atoms with Gasteiger partial charge in [-0.05, 0) is 24.6 Å². The molecule has 1 atom stereocenters. The van der Waals surface area contributed by atoms with Crippen LogP contribution in [0, 0.1) is 6.92 Å². The zero-order valence-electron chi connectivity index (χ0n) is 12.2. The fourth-order valence-electron chi connectivity index (χ4n) is 2.09. The van der Waals surface area contributed by atoms with Crippen molar-refractivity contribution in [3.8, 4) is 0 Å². The van der Waals surface area contributed by atoms with Crippen LogP contribution in [0.15, 0.2) is 66.1 Å². The number of carbonyl (C=O) groups excluding carboxylic acids is 1. The van der Waals surface area contributed by atoms with E-state index in [9.17, 15) is 13.2 Å². The summed E-state index contributed by atoms with van der Waals surface area (Å²) < 4.78 is 27.4. The molecule has 1 N–H and O–H groups in total. The first kappa shape index (κ1) is 16.1. The largest absolute Gasteiger partial charge is 0.298 e. The third-order valence-corrected chi connectivity index (χ3v) is 4.76. The number of aldehydes is 1. The Hall–Kier alpha value is -2.24. The van der Waals surface area contributed by atoms with Crippen molar-refractivity contribution in [1.82, 2.24) is 4.72 Å². The molecule has 0 aromatic heterocycles. The van der Waals surface area contributed by atoms with Crippen LogP contribution in [0.2, 0.25) is 0 Å². The van der Waals surface area contributed by atoms with Crippen LogP contribution in [0.25, 0.3) is 0 Å². The van der Waals surface area contributed by atoms with E-state index < -0.39 is 16.1 Å². The summed E-state index contributed by atoms with van der Waals surface area (Å²) in [5, 5.41) is 0. The van der Waals surface area contributed by atoms with Crippen molar-refractivity contribution in [3.63, 3.8) is 0 Å². The van der Waals surface area contributed by atoms with Gasteiger partial charge in [0.1, 0.15) is 6.29 Å². The number of sulfonamides is 1. The minimum Gasteiger partial charge on any atom is -0.298 e. The maximum Gasteiger partial charge on any atom is 0.241 e. The quantitative estimate of drug-likeness (QED) is 0.658. The molecule has 2 aromatic carbocycles. The molecule has 0 aliphatic heterocycles. The molecule has 2 aromatic rings. The topological polar surface area (TPSA) is 63.2 Å². The highest BCUT2D eigenvalue weighted by atomic mass is 32.2. The number of aryl methyl sites for hydroxylation is 1. The van der Waals surface area contributed by atoms with Gasteiger partial charge in [0.05, 0.1) is 10.9 Å². The summed E-state index contributed by atoms with van der Waals surface area (Å²) in [5.41, 5.74) is 1.98. The molecule has 2 rings (SSSR count). The van der Waals surface area contributed by atoms with Gasteiger partial charge in [-0.2, -0.15) is 4.72 Å². The molecule has 0 aliphatic carbocycles. The van der Waals surface area contributed by atoms with Crippen molar-refractivity contribution in [2.24, 2.45) is 0 Å². The lowest BCUT2D eigenvalue weighted by molar-refractivity contribution is 0.112. The number of nitrogens with one attached hydrogen (secondary N) is 1. The monoisotopic (exact) mass is 315 g/mol. The molecule has 0 bridgehead atoms. The summed E-state index contributed by atoms with van der Waals surface area (Å²) in [4.78, 5) is 11.3. The van der Waals surface area contributed by atoms with E-state index in [2.05, 4.69) is 11.3 Å². The number of carbonyl (C=O) groups is 1. The molecular formula is C17H17NO3S. The highest BCUT2D eigenvalue weighted by Gasteiger charge is 2.20. The second-order valence-corrected chi connectivity index (χ2v) is 6.61. The number of hydrogen-bond donors (Lipinski definition) is 1. The lowest BCUT2D eigenvalue weighted by Crippen LogP contribution is -2.28. The van der Waals surface area contributed by atoms with Gasteiger partial charge in [0.25, 0.3) is 0 Å². The Balaban J connectivity index is 2.35. The highest BCUT2D eigenvalue weighted by molar-refractivity contribution is 7.89. The van der Waals surface area contributed by atoms with Crippen LogP contribution < -0.4 is 4.72 Å². The molecular weight excluding hydrogens is 298 g/mol. The van der Waals surface area contributed by atoms with Crippen molar-refractivity contribution >= 4 is 16.3 Å². The highest BCUT2D eigenvalue weighted by Crippen LogP contribution is 2.21. The normalized spacial score (nSPS) is 12.6. The first-order valence-corrected chi connectivity index (χ1v) is 8.22. The Morgan fingerprint density at radius 1 is 1.09 bits per heavy atom. The molecule has 114 valence electrons. The lowest BCUT2D eigenvalue weighted by atomic mass is 10.0. The third-order valence-electron chi connectivity index (χ3n) is 3.31. The summed E-state index contributed by atoms with van der Waals surface area (Å²) >= 11 is 0. The van der Waals surface area contributed by atoms with Gasteiger partial charge >= 0.3 is 0 Å². The molecule has 0 amide bonds. The molecule has 1 unspecified atom stereocenters. The molecule has 0 fully saturated rings. The molecule has 0 saturated carbocycles. The third kappa shape index (κ3) is 3.50. The maximum atomic E-state index is 12.4. The van der Waals surface area contributed by atoms with Crippen molar-refractivity contribution < 1.29 is 13.2 Å². The average molecular weight is 315 g/mol. The number of rotatable bonds is 6. The van der Waals surface area contributed by atoms with Crippen LogP contribution in [0.4, 0.5) is 0 Å². The predicted molar refractivity (Wildman–Crippen MR) is 86.3 cm³/mol. The number of benzene rings is 2. The fourth-order valence-corrected chi connectivity index (χ4v) is 3.28. The van der Waals surface area contributed by atoms with Crippen molar-refractivity contribution in [2.75, 3.05) is 0 Å². The molecule has 0 aliphatic rings. The van der Waals surface area contributed by atoms with Gasteiger partial charge in [-0.25, -0.2) is 8.42 Å². The Bertz CT molecular complexity index is 780. The van der Waals surface area contributed by atoms with E-state index >= 15 is 0 Å². The Morgan fingerprint density at radius 2 is 1.73 bits per heavy atom. The second kappa shape index (κ2) is 6.68. The van der Waals surface area contributed by atoms with Gasteiger partial charge < -0.3 is 0 Å². The van der Waals surface area contributed by atoms with Gasteiger partial charge in [0.2, 0.25) is 10.0 Å². The van der Waals surface area contributed by atoms with E-state index in [1.54, 1.807) is 48.5 Å². The van der Waals surface area contributed by atoms with E-state index in [-0.39, 0.29) is 4.90 Å². The molecule has 5 heteroatoms. The molecule has 22 heavy (non-hydrogen) atoms. The summed E-state index contributed by atoms with van der Waals surface area (Å²) in [7, 11) is -3.70. The predicted octanol–water partition coefficient (Wildman–Crippen LogP) is 3.01. The van der Waals surface area contributed by atoms with E-state index in [4.69, 9.17) is 0 Å². The SMILES string of the molecule is C=CC(NS(=O)(=O)c1ccc(C)cc1)c1ccccc1C=O. The standard InChI is InChI=1S/C17H17NO3S/c1-3-17(16-7-5-4-6-14(16)12-19)18-22(20,21)15-10-8-13(2)9-11-15/h3-12,17-18H,1H2,2H3. The minimum absolute atomic E-state index is 0.175. The summed E-state index contributed by atoms with van der Waals surface area (Å²) in [6, 6.07) is 12.7. The first-order chi connectivity index (χ1) is 10.5. The molecule has 0 spiro atoms. The number of hydrogen-bond acceptors (Lipinski definition) is 3. The summed E-state index contributed by atoms with van der Waals surface area (Å²) in [6.07, 6.45) is 2.17. The Kier molecular flexibility index (Phi) is 4.90. The van der Waals surface area contributed by atoms with Gasteiger partial charge in [-0.3, -0.25) is 4.79 Å². The zero-order valence-corrected chi connectivity index (χ0v) is 13.0. The van der Waals surface area contributed by atoms with Crippen molar-refractivity contribution in [2.45, 2.75) is 17.9 Å². The smallest absolute Gasteiger partial charge is 0.241 e. The molecule has 0 radical (unpaired) electrons. The van der Waals surface area contributed by atoms with Crippen LogP contribution in [0.3, 0.4) is 0 Å². The van der Waals surface area contributed by atoms with Crippen LogP contribution in [0.1, 0.15) is 27.5 Å². The first-order valence-electron chi connectivity index (χ1n) is 6.73. The van der Waals surface area contributed by atoms with Crippen molar-refractivity contribution in [3.05, 3.63) is 77.9 Å². The van der Waals surface area contributed by atoms with Crippen LogP contribution in [-0.4, -0.2) is 14.7 Å². The fraction of sp³-hybridized carbons (Fsp3) is 0.118. The molecule has 0 heterocycles. The Labute approximate surface area is 130 Å². The Morgan fingerprint density at radius 3 is 2.32 bits per heavy atom.